The van der Waals surface area contributed by atoms with Crippen molar-refractivity contribution >= 4 is 40.0 Å². The Hall–Kier alpha value is -2.22. The van der Waals surface area contributed by atoms with Gasteiger partial charge in [0.05, 0.1) is 22.3 Å². The summed E-state index contributed by atoms with van der Waals surface area (Å²) < 4.78 is 41.0. The molecule has 1 amide bonds. The van der Waals surface area contributed by atoms with Gasteiger partial charge in [-0.15, -0.1) is 0 Å². The quantitative estimate of drug-likeness (QED) is 0.518. The molecule has 2 aromatic carbocycles. The molecule has 0 unspecified atom stereocenters. The largest absolute Gasteiger partial charge is 0.416 e. The minimum Gasteiger partial charge on any atom is -0.393 e. The molecule has 1 fully saturated rings. The smallest absolute Gasteiger partial charge is 0.393 e. The van der Waals surface area contributed by atoms with Gasteiger partial charge in [0.15, 0.2) is 0 Å². The van der Waals surface area contributed by atoms with E-state index in [9.17, 15) is 23.1 Å². The van der Waals surface area contributed by atoms with Crippen LogP contribution >= 0.6 is 23.2 Å². The van der Waals surface area contributed by atoms with E-state index < -0.39 is 17.8 Å². The fraction of sp³-hybridized carbons (Fsp3) is 0.348. The first kappa shape index (κ1) is 23.0. The lowest BCUT2D eigenvalue weighted by atomic mass is 10.0. The lowest BCUT2D eigenvalue weighted by molar-refractivity contribution is -0.137. The number of aliphatic hydroxyl groups is 1. The van der Waals surface area contributed by atoms with Gasteiger partial charge in [-0.2, -0.15) is 13.2 Å². The van der Waals surface area contributed by atoms with Crippen LogP contribution in [-0.4, -0.2) is 39.7 Å². The Morgan fingerprint density at radius 1 is 1.12 bits per heavy atom. The molecule has 3 aromatic rings. The SMILES string of the molecule is Cn1c(Cc2c(Cl)ccc(C(=O)N3CCC(O)CC3)c2Cl)cc2ccc(C(F)(F)F)cc21. The Bertz CT molecular complexity index is 1180. The maximum Gasteiger partial charge on any atom is 0.416 e. The molecule has 1 saturated heterocycles. The van der Waals surface area contributed by atoms with Crippen LogP contribution in [-0.2, 0) is 19.6 Å². The summed E-state index contributed by atoms with van der Waals surface area (Å²) >= 11 is 13.0. The Balaban J connectivity index is 1.67. The minimum atomic E-state index is -4.43. The monoisotopic (exact) mass is 484 g/mol. The van der Waals surface area contributed by atoms with Gasteiger partial charge >= 0.3 is 6.18 Å². The van der Waals surface area contributed by atoms with Gasteiger partial charge in [0.2, 0.25) is 0 Å². The molecule has 0 radical (unpaired) electrons. The topological polar surface area (TPSA) is 45.5 Å². The Morgan fingerprint density at radius 3 is 2.47 bits per heavy atom. The summed E-state index contributed by atoms with van der Waals surface area (Å²) in [5.41, 5.74) is 1.31. The average Bonchev–Trinajstić information content (AvgIpc) is 3.05. The van der Waals surface area contributed by atoms with Crippen molar-refractivity contribution in [2.75, 3.05) is 13.1 Å². The summed E-state index contributed by atoms with van der Waals surface area (Å²) in [7, 11) is 1.69. The van der Waals surface area contributed by atoms with Gasteiger partial charge in [-0.25, -0.2) is 0 Å². The molecule has 1 aliphatic heterocycles. The van der Waals surface area contributed by atoms with Crippen LogP contribution < -0.4 is 0 Å². The van der Waals surface area contributed by atoms with Gasteiger partial charge in [-0.3, -0.25) is 4.79 Å². The number of hydrogen-bond donors (Lipinski definition) is 1. The van der Waals surface area contributed by atoms with E-state index in [1.54, 1.807) is 34.7 Å². The lowest BCUT2D eigenvalue weighted by Crippen LogP contribution is -2.40. The van der Waals surface area contributed by atoms with Crippen molar-refractivity contribution in [3.05, 3.63) is 68.8 Å². The molecule has 1 aromatic heterocycles. The first-order valence-electron chi connectivity index (χ1n) is 10.2. The highest BCUT2D eigenvalue weighted by Crippen LogP contribution is 2.35. The average molecular weight is 485 g/mol. The van der Waals surface area contributed by atoms with E-state index in [1.807, 2.05) is 0 Å². The Morgan fingerprint density at radius 2 is 1.81 bits per heavy atom. The normalized spacial score (nSPS) is 15.5. The van der Waals surface area contributed by atoms with Crippen molar-refractivity contribution in [3.63, 3.8) is 0 Å². The van der Waals surface area contributed by atoms with Crippen molar-refractivity contribution in [1.82, 2.24) is 9.47 Å². The molecule has 4 nitrogen and oxygen atoms in total. The number of alkyl halides is 3. The predicted molar refractivity (Wildman–Crippen MR) is 118 cm³/mol. The van der Waals surface area contributed by atoms with Gasteiger partial charge in [0.25, 0.3) is 5.91 Å². The molecule has 2 heterocycles. The molecule has 170 valence electrons. The zero-order chi connectivity index (χ0) is 23.2. The number of aliphatic hydroxyl groups excluding tert-OH is 1. The number of fused-ring (bicyclic) bond motifs is 1. The van der Waals surface area contributed by atoms with E-state index in [2.05, 4.69) is 0 Å². The summed E-state index contributed by atoms with van der Waals surface area (Å²) in [5.74, 6) is -0.230. The molecule has 1 N–H and O–H groups in total. The lowest BCUT2D eigenvalue weighted by Gasteiger charge is -2.30. The molecule has 0 atom stereocenters. The molecular weight excluding hydrogens is 464 g/mol. The molecule has 1 aliphatic rings. The summed E-state index contributed by atoms with van der Waals surface area (Å²) in [6.45, 7) is 0.887. The van der Waals surface area contributed by atoms with Gasteiger partial charge in [0.1, 0.15) is 0 Å². The van der Waals surface area contributed by atoms with Crippen molar-refractivity contribution < 1.29 is 23.1 Å². The first-order valence-corrected chi connectivity index (χ1v) is 10.9. The van der Waals surface area contributed by atoms with E-state index in [1.165, 1.54) is 6.07 Å². The second kappa shape index (κ2) is 8.61. The molecular formula is C23H21Cl2F3N2O2. The second-order valence-corrected chi connectivity index (χ2v) is 8.84. The van der Waals surface area contributed by atoms with E-state index in [-0.39, 0.29) is 17.4 Å². The van der Waals surface area contributed by atoms with Gasteiger partial charge in [-0.1, -0.05) is 29.3 Å². The maximum absolute atomic E-state index is 13.1. The molecule has 0 saturated carbocycles. The molecule has 32 heavy (non-hydrogen) atoms. The van der Waals surface area contributed by atoms with Crippen LogP contribution in [0.25, 0.3) is 10.9 Å². The summed E-state index contributed by atoms with van der Waals surface area (Å²) in [6.07, 6.45) is -3.55. The van der Waals surface area contributed by atoms with E-state index >= 15 is 0 Å². The highest BCUT2D eigenvalue weighted by Gasteiger charge is 2.31. The number of halogens is 5. The van der Waals surface area contributed by atoms with Crippen LogP contribution in [0, 0.1) is 0 Å². The minimum absolute atomic E-state index is 0.230. The molecule has 0 aliphatic carbocycles. The maximum atomic E-state index is 13.1. The number of nitrogens with zero attached hydrogens (tertiary/aromatic N) is 2. The molecule has 9 heteroatoms. The number of piperidine rings is 1. The van der Waals surface area contributed by atoms with E-state index in [0.29, 0.717) is 58.7 Å². The van der Waals surface area contributed by atoms with Gasteiger partial charge < -0.3 is 14.6 Å². The number of carbonyl (C=O) groups excluding carboxylic acids is 1. The fourth-order valence-corrected chi connectivity index (χ4v) is 4.66. The van der Waals surface area contributed by atoms with Crippen LogP contribution in [0.4, 0.5) is 13.2 Å². The zero-order valence-electron chi connectivity index (χ0n) is 17.2. The van der Waals surface area contributed by atoms with Crippen molar-refractivity contribution in [1.29, 1.82) is 0 Å². The number of carbonyl (C=O) groups is 1. The van der Waals surface area contributed by atoms with Crippen LogP contribution in [0.1, 0.15) is 40.0 Å². The van der Waals surface area contributed by atoms with Crippen LogP contribution in [0.15, 0.2) is 36.4 Å². The third-order valence-electron chi connectivity index (χ3n) is 6.00. The number of aromatic nitrogens is 1. The molecule has 0 bridgehead atoms. The van der Waals surface area contributed by atoms with Crippen molar-refractivity contribution in [2.24, 2.45) is 7.05 Å². The summed E-state index contributed by atoms with van der Waals surface area (Å²) in [4.78, 5) is 14.6. The third kappa shape index (κ3) is 4.34. The van der Waals surface area contributed by atoms with Crippen LogP contribution in [0.2, 0.25) is 10.0 Å². The fourth-order valence-electron chi connectivity index (χ4n) is 4.08. The number of rotatable bonds is 3. The van der Waals surface area contributed by atoms with E-state index in [0.717, 1.165) is 12.1 Å². The number of amides is 1. The number of aryl methyl sites for hydroxylation is 1. The first-order chi connectivity index (χ1) is 15.1. The number of likely N-dealkylation sites (tertiary alicyclic amines) is 1. The summed E-state index contributed by atoms with van der Waals surface area (Å²) in [5, 5.41) is 11.0. The highest BCUT2D eigenvalue weighted by molar-refractivity contribution is 6.38. The van der Waals surface area contributed by atoms with Crippen LogP contribution in [0.5, 0.6) is 0 Å². The number of benzene rings is 2. The van der Waals surface area contributed by atoms with Crippen molar-refractivity contribution in [2.45, 2.75) is 31.5 Å². The third-order valence-corrected chi connectivity index (χ3v) is 6.78. The summed E-state index contributed by atoms with van der Waals surface area (Å²) in [6, 6.07) is 8.60. The standard InChI is InChI=1S/C23H21Cl2F3N2O2/c1-29-15(10-13-2-3-14(11-20(13)29)23(26,27)28)12-18-19(24)5-4-17(21(18)25)22(32)30-8-6-16(31)7-9-30/h2-5,10-11,16,31H,6-9,12H2,1H3. The Labute approximate surface area is 193 Å². The highest BCUT2D eigenvalue weighted by atomic mass is 35.5. The second-order valence-electron chi connectivity index (χ2n) is 8.05. The number of hydrogen-bond acceptors (Lipinski definition) is 2. The van der Waals surface area contributed by atoms with Gasteiger partial charge in [0, 0.05) is 42.8 Å². The van der Waals surface area contributed by atoms with E-state index in [4.69, 9.17) is 23.2 Å². The zero-order valence-corrected chi connectivity index (χ0v) is 18.7. The van der Waals surface area contributed by atoms with Crippen molar-refractivity contribution in [3.8, 4) is 0 Å². The molecule has 0 spiro atoms. The Kier molecular flexibility index (Phi) is 6.18. The predicted octanol–water partition coefficient (Wildman–Crippen LogP) is 5.69. The molecule has 4 rings (SSSR count). The van der Waals surface area contributed by atoms with Crippen LogP contribution in [0.3, 0.4) is 0 Å². The van der Waals surface area contributed by atoms with Gasteiger partial charge in [-0.05, 0) is 54.1 Å².